The number of nitrogens with one attached hydrogen (secondary N) is 3. The lowest BCUT2D eigenvalue weighted by Gasteiger charge is -2.21. The third-order valence-electron chi connectivity index (χ3n) is 4.17. The molecule has 0 saturated carbocycles. The minimum atomic E-state index is -1.10. The first-order valence-electron chi connectivity index (χ1n) is 8.41. The summed E-state index contributed by atoms with van der Waals surface area (Å²) in [6.07, 6.45) is 0.888. The fraction of sp³-hybridized carbons (Fsp3) is 0.500. The lowest BCUT2D eigenvalue weighted by atomic mass is 9.97. The molecule has 136 valence electrons. The molecule has 25 heavy (non-hydrogen) atoms. The number of benzene rings is 1. The maximum atomic E-state index is 12.8. The monoisotopic (exact) mass is 364 g/mol. The van der Waals surface area contributed by atoms with E-state index in [-0.39, 0.29) is 30.7 Å². The van der Waals surface area contributed by atoms with Gasteiger partial charge in [-0.15, -0.1) is 0 Å². The van der Waals surface area contributed by atoms with Crippen molar-refractivity contribution in [3.8, 4) is 0 Å². The number of guanidine groups is 1. The van der Waals surface area contributed by atoms with Gasteiger partial charge in [-0.2, -0.15) is 0 Å². The highest BCUT2D eigenvalue weighted by atomic mass is 35.5. The molecule has 1 fully saturated rings. The molecule has 0 aliphatic carbocycles. The second-order valence-corrected chi connectivity index (χ2v) is 7.47. The molecule has 1 heterocycles. The largest absolute Gasteiger partial charge is 0.356 e. The van der Waals surface area contributed by atoms with Crippen molar-refractivity contribution >= 4 is 29.4 Å². The fourth-order valence-electron chi connectivity index (χ4n) is 2.75. The molecule has 0 spiro atoms. The van der Waals surface area contributed by atoms with E-state index in [2.05, 4.69) is 24.5 Å². The van der Waals surface area contributed by atoms with Gasteiger partial charge < -0.3 is 10.6 Å². The normalized spacial score (nSPS) is 20.1. The molecule has 0 radical (unpaired) electrons. The van der Waals surface area contributed by atoms with Crippen LogP contribution in [-0.4, -0.2) is 34.8 Å². The summed E-state index contributed by atoms with van der Waals surface area (Å²) in [4.78, 5) is 26.2. The predicted octanol–water partition coefficient (Wildman–Crippen LogP) is 2.52. The van der Waals surface area contributed by atoms with Crippen LogP contribution in [0.5, 0.6) is 0 Å². The zero-order chi connectivity index (χ0) is 18.6. The van der Waals surface area contributed by atoms with Crippen LogP contribution >= 0.6 is 11.6 Å². The van der Waals surface area contributed by atoms with Gasteiger partial charge in [0, 0.05) is 11.6 Å². The van der Waals surface area contributed by atoms with E-state index in [1.807, 2.05) is 6.07 Å². The summed E-state index contributed by atoms with van der Waals surface area (Å²) in [6.45, 7) is 6.67. The molecule has 1 aliphatic rings. The van der Waals surface area contributed by atoms with Crippen LogP contribution in [0.4, 0.5) is 0 Å². The van der Waals surface area contributed by atoms with Crippen molar-refractivity contribution in [2.75, 3.05) is 6.54 Å². The van der Waals surface area contributed by atoms with E-state index in [9.17, 15) is 9.59 Å². The average Bonchev–Trinajstić information content (AvgIpc) is 2.70. The third-order valence-corrected chi connectivity index (χ3v) is 4.40. The molecule has 1 atom stereocenters. The van der Waals surface area contributed by atoms with Crippen LogP contribution in [0.2, 0.25) is 5.02 Å². The van der Waals surface area contributed by atoms with Gasteiger partial charge in [-0.3, -0.25) is 19.9 Å². The summed E-state index contributed by atoms with van der Waals surface area (Å²) in [5.74, 6) is 0.0313. The Morgan fingerprint density at radius 3 is 2.80 bits per heavy atom. The highest BCUT2D eigenvalue weighted by Gasteiger charge is 2.47. The Hall–Kier alpha value is -2.08. The maximum absolute atomic E-state index is 12.8. The molecule has 7 heteroatoms. The van der Waals surface area contributed by atoms with E-state index in [1.54, 1.807) is 25.1 Å². The molecular formula is C18H25ClN4O2. The van der Waals surface area contributed by atoms with Gasteiger partial charge in [0.15, 0.2) is 5.96 Å². The molecule has 1 saturated heterocycles. The van der Waals surface area contributed by atoms with Crippen molar-refractivity contribution in [1.29, 1.82) is 5.41 Å². The van der Waals surface area contributed by atoms with Gasteiger partial charge in [0.1, 0.15) is 5.54 Å². The zero-order valence-corrected chi connectivity index (χ0v) is 15.6. The van der Waals surface area contributed by atoms with Gasteiger partial charge in [-0.05, 0) is 37.0 Å². The van der Waals surface area contributed by atoms with Gasteiger partial charge in [0.25, 0.3) is 5.91 Å². The molecule has 0 bridgehead atoms. The summed E-state index contributed by atoms with van der Waals surface area (Å²) >= 11 is 5.97. The van der Waals surface area contributed by atoms with E-state index >= 15 is 0 Å². The van der Waals surface area contributed by atoms with Crippen molar-refractivity contribution < 1.29 is 9.59 Å². The second-order valence-electron chi connectivity index (χ2n) is 7.04. The Morgan fingerprint density at radius 1 is 1.44 bits per heavy atom. The smallest absolute Gasteiger partial charge is 0.255 e. The Balaban J connectivity index is 1.99. The molecule has 0 aromatic heterocycles. The van der Waals surface area contributed by atoms with Crippen LogP contribution in [0.1, 0.15) is 39.2 Å². The number of hydrogen-bond donors (Lipinski definition) is 3. The molecule has 2 amide bonds. The summed E-state index contributed by atoms with van der Waals surface area (Å²) in [5.41, 5.74) is -0.268. The highest BCUT2D eigenvalue weighted by molar-refractivity contribution is 6.30. The number of carbonyl (C=O) groups excluding carboxylic acids is 2. The summed E-state index contributed by atoms with van der Waals surface area (Å²) < 4.78 is 0. The van der Waals surface area contributed by atoms with Crippen LogP contribution < -0.4 is 10.6 Å². The van der Waals surface area contributed by atoms with Crippen molar-refractivity contribution in [2.24, 2.45) is 5.92 Å². The van der Waals surface area contributed by atoms with Crippen LogP contribution in [-0.2, 0) is 16.1 Å². The first kappa shape index (κ1) is 19.2. The summed E-state index contributed by atoms with van der Waals surface area (Å²) in [5, 5.41) is 14.3. The molecule has 3 N–H and O–H groups in total. The number of carbonyl (C=O) groups is 2. The molecule has 2 rings (SSSR count). The molecular weight excluding hydrogens is 340 g/mol. The van der Waals surface area contributed by atoms with Gasteiger partial charge in [0.05, 0.1) is 13.0 Å². The second kappa shape index (κ2) is 7.87. The Morgan fingerprint density at radius 2 is 2.16 bits per heavy atom. The molecule has 1 aliphatic heterocycles. The molecule has 1 aromatic rings. The predicted molar refractivity (Wildman–Crippen MR) is 98.4 cm³/mol. The van der Waals surface area contributed by atoms with Gasteiger partial charge in [-0.25, -0.2) is 0 Å². The van der Waals surface area contributed by atoms with Gasteiger partial charge in [0.2, 0.25) is 5.91 Å². The SMILES string of the molecule is CC(C)CCNC(=O)CC1(C)NC(=N)N(Cc2cccc(Cl)c2)C1=O. The van der Waals surface area contributed by atoms with Crippen LogP contribution in [0.25, 0.3) is 0 Å². The van der Waals surface area contributed by atoms with E-state index in [0.717, 1.165) is 12.0 Å². The highest BCUT2D eigenvalue weighted by Crippen LogP contribution is 2.23. The topological polar surface area (TPSA) is 85.3 Å². The molecule has 6 nitrogen and oxygen atoms in total. The lowest BCUT2D eigenvalue weighted by molar-refractivity contribution is -0.134. The Labute approximate surface area is 153 Å². The van der Waals surface area contributed by atoms with E-state index < -0.39 is 5.54 Å². The van der Waals surface area contributed by atoms with E-state index in [1.165, 1.54) is 4.90 Å². The van der Waals surface area contributed by atoms with E-state index in [4.69, 9.17) is 17.0 Å². The third kappa shape index (κ3) is 4.95. The van der Waals surface area contributed by atoms with Crippen LogP contribution in [0, 0.1) is 11.3 Å². The quantitative estimate of drug-likeness (QED) is 0.695. The van der Waals surface area contributed by atoms with Crippen LogP contribution in [0.3, 0.4) is 0 Å². The summed E-state index contributed by atoms with van der Waals surface area (Å²) in [6, 6.07) is 7.17. The number of hydrogen-bond acceptors (Lipinski definition) is 3. The van der Waals surface area contributed by atoms with Crippen molar-refractivity contribution in [1.82, 2.24) is 15.5 Å². The Kier molecular flexibility index (Phi) is 6.06. The first-order chi connectivity index (χ1) is 11.7. The average molecular weight is 365 g/mol. The standard InChI is InChI=1S/C18H25ClN4O2/c1-12(2)7-8-21-15(24)10-18(3)16(25)23(17(20)22-18)11-13-5-4-6-14(19)9-13/h4-6,9,12H,7-8,10-11H2,1-3H3,(H2,20,22)(H,21,24). The van der Waals surface area contributed by atoms with Crippen molar-refractivity contribution in [3.63, 3.8) is 0 Å². The van der Waals surface area contributed by atoms with E-state index in [0.29, 0.717) is 17.5 Å². The Bertz CT molecular complexity index is 677. The zero-order valence-electron chi connectivity index (χ0n) is 14.9. The lowest BCUT2D eigenvalue weighted by Crippen LogP contribution is -2.48. The summed E-state index contributed by atoms with van der Waals surface area (Å²) in [7, 11) is 0. The van der Waals surface area contributed by atoms with Crippen molar-refractivity contribution in [2.45, 2.75) is 45.7 Å². The van der Waals surface area contributed by atoms with Crippen molar-refractivity contribution in [3.05, 3.63) is 34.9 Å². The fourth-order valence-corrected chi connectivity index (χ4v) is 2.97. The maximum Gasteiger partial charge on any atom is 0.255 e. The molecule has 1 aromatic carbocycles. The number of rotatable bonds is 7. The van der Waals surface area contributed by atoms with Crippen LogP contribution in [0.15, 0.2) is 24.3 Å². The molecule has 1 unspecified atom stereocenters. The number of nitrogens with zero attached hydrogens (tertiary/aromatic N) is 1. The number of halogens is 1. The number of amides is 2. The minimum absolute atomic E-state index is 0.00163. The minimum Gasteiger partial charge on any atom is -0.356 e. The van der Waals surface area contributed by atoms with Gasteiger partial charge in [-0.1, -0.05) is 37.6 Å². The van der Waals surface area contributed by atoms with Gasteiger partial charge >= 0.3 is 0 Å². The first-order valence-corrected chi connectivity index (χ1v) is 8.79.